The van der Waals surface area contributed by atoms with Gasteiger partial charge in [-0.05, 0) is 49.9 Å². The maximum atomic E-state index is 12.4. The first-order valence-corrected chi connectivity index (χ1v) is 8.78. The average molecular weight is 353 g/mol. The van der Waals surface area contributed by atoms with Gasteiger partial charge in [-0.2, -0.15) is 0 Å². The summed E-state index contributed by atoms with van der Waals surface area (Å²) in [5.74, 6) is -0.121. The first kappa shape index (κ1) is 18.0. The van der Waals surface area contributed by atoms with Crippen molar-refractivity contribution in [2.45, 2.75) is 26.7 Å². The number of carbonyl (C=O) groups is 2. The van der Waals surface area contributed by atoms with E-state index < -0.39 is 5.97 Å². The number of benzene rings is 2. The largest absolute Gasteiger partial charge is 0.482 e. The lowest BCUT2D eigenvalue weighted by Crippen LogP contribution is -2.38. The highest BCUT2D eigenvalue weighted by Gasteiger charge is 2.23. The molecule has 0 saturated carbocycles. The number of fused-ring (bicyclic) bond motifs is 1. The smallest absolute Gasteiger partial charge is 0.344 e. The summed E-state index contributed by atoms with van der Waals surface area (Å²) in [4.78, 5) is 26.0. The van der Waals surface area contributed by atoms with Gasteiger partial charge in [-0.3, -0.25) is 4.79 Å². The molecule has 1 amide bonds. The van der Waals surface area contributed by atoms with E-state index in [4.69, 9.17) is 9.47 Å². The summed E-state index contributed by atoms with van der Waals surface area (Å²) in [7, 11) is 0. The fourth-order valence-corrected chi connectivity index (χ4v) is 3.15. The number of anilines is 1. The Morgan fingerprint density at radius 1 is 1.08 bits per heavy atom. The first-order chi connectivity index (χ1) is 12.5. The molecule has 2 aromatic rings. The Morgan fingerprint density at radius 2 is 1.88 bits per heavy atom. The number of para-hydroxylation sites is 1. The molecule has 0 aliphatic carbocycles. The maximum Gasteiger partial charge on any atom is 0.344 e. The Balaban J connectivity index is 1.51. The molecule has 0 saturated heterocycles. The number of hydrogen-bond acceptors (Lipinski definition) is 4. The molecule has 0 spiro atoms. The highest BCUT2D eigenvalue weighted by molar-refractivity contribution is 5.96. The van der Waals surface area contributed by atoms with E-state index in [0.29, 0.717) is 12.3 Å². The van der Waals surface area contributed by atoms with Gasteiger partial charge in [0.05, 0.1) is 0 Å². The molecule has 1 heterocycles. The second-order valence-corrected chi connectivity index (χ2v) is 6.50. The molecule has 1 aliphatic rings. The van der Waals surface area contributed by atoms with E-state index >= 15 is 0 Å². The topological polar surface area (TPSA) is 55.8 Å². The molecule has 0 bridgehead atoms. The van der Waals surface area contributed by atoms with Gasteiger partial charge in [-0.25, -0.2) is 4.79 Å². The third-order valence-electron chi connectivity index (χ3n) is 4.44. The predicted molar refractivity (Wildman–Crippen MR) is 99.5 cm³/mol. The predicted octanol–water partition coefficient (Wildman–Crippen LogP) is 3.20. The first-order valence-electron chi connectivity index (χ1n) is 8.78. The molecular weight excluding hydrogens is 330 g/mol. The molecule has 0 N–H and O–H groups in total. The van der Waals surface area contributed by atoms with Crippen LogP contribution in [0.2, 0.25) is 0 Å². The highest BCUT2D eigenvalue weighted by Crippen LogP contribution is 2.26. The van der Waals surface area contributed by atoms with Crippen molar-refractivity contribution < 1.29 is 19.1 Å². The summed E-state index contributed by atoms with van der Waals surface area (Å²) in [5.41, 5.74) is 4.14. The molecule has 0 unspecified atom stereocenters. The second kappa shape index (κ2) is 8.04. The van der Waals surface area contributed by atoms with Crippen LogP contribution in [-0.2, 0) is 20.7 Å². The van der Waals surface area contributed by atoms with E-state index in [-0.39, 0.29) is 19.1 Å². The lowest BCUT2D eigenvalue weighted by atomic mass is 10.0. The lowest BCUT2D eigenvalue weighted by Gasteiger charge is -2.29. The van der Waals surface area contributed by atoms with Crippen LogP contribution in [0.15, 0.2) is 42.5 Å². The van der Waals surface area contributed by atoms with Crippen LogP contribution in [-0.4, -0.2) is 31.6 Å². The van der Waals surface area contributed by atoms with Gasteiger partial charge in [0.25, 0.3) is 5.91 Å². The zero-order valence-corrected chi connectivity index (χ0v) is 15.2. The van der Waals surface area contributed by atoms with Crippen LogP contribution in [0.1, 0.15) is 23.1 Å². The number of rotatable bonds is 5. The van der Waals surface area contributed by atoms with E-state index in [0.717, 1.165) is 35.2 Å². The highest BCUT2D eigenvalue weighted by atomic mass is 16.6. The molecule has 1 aliphatic heterocycles. The van der Waals surface area contributed by atoms with Crippen molar-refractivity contribution in [3.05, 3.63) is 59.2 Å². The summed E-state index contributed by atoms with van der Waals surface area (Å²) in [6, 6.07) is 13.6. The molecule has 3 rings (SSSR count). The molecule has 0 aromatic heterocycles. The molecule has 26 heavy (non-hydrogen) atoms. The maximum absolute atomic E-state index is 12.4. The van der Waals surface area contributed by atoms with Gasteiger partial charge in [-0.1, -0.05) is 35.9 Å². The van der Waals surface area contributed by atoms with Crippen molar-refractivity contribution >= 4 is 17.6 Å². The average Bonchev–Trinajstić information content (AvgIpc) is 2.65. The Labute approximate surface area is 153 Å². The minimum atomic E-state index is -0.552. The van der Waals surface area contributed by atoms with Gasteiger partial charge >= 0.3 is 5.97 Å². The van der Waals surface area contributed by atoms with Gasteiger partial charge in [0, 0.05) is 12.2 Å². The van der Waals surface area contributed by atoms with Crippen LogP contribution in [0.3, 0.4) is 0 Å². The number of esters is 1. The number of ether oxygens (including phenoxy) is 2. The summed E-state index contributed by atoms with van der Waals surface area (Å²) in [6.07, 6.45) is 1.87. The van der Waals surface area contributed by atoms with Crippen LogP contribution in [0, 0.1) is 13.8 Å². The molecule has 136 valence electrons. The standard InChI is InChI=1S/C21H23NO4/c1-15-9-10-19(16(2)12-15)25-14-21(24)26-13-20(23)22-11-5-7-17-6-3-4-8-18(17)22/h3-4,6,8-10,12H,5,7,11,13-14H2,1-2H3. The van der Waals surface area contributed by atoms with Crippen LogP contribution in [0.5, 0.6) is 5.75 Å². The Bertz CT molecular complexity index is 815. The van der Waals surface area contributed by atoms with Gasteiger partial charge in [0.2, 0.25) is 0 Å². The monoisotopic (exact) mass is 353 g/mol. The van der Waals surface area contributed by atoms with Crippen molar-refractivity contribution in [2.24, 2.45) is 0 Å². The van der Waals surface area contributed by atoms with Gasteiger partial charge < -0.3 is 14.4 Å². The number of hydrogen-bond donors (Lipinski definition) is 0. The van der Waals surface area contributed by atoms with E-state index in [1.165, 1.54) is 0 Å². The summed E-state index contributed by atoms with van der Waals surface area (Å²) < 4.78 is 10.6. The Morgan fingerprint density at radius 3 is 2.69 bits per heavy atom. The SMILES string of the molecule is Cc1ccc(OCC(=O)OCC(=O)N2CCCc3ccccc32)c(C)c1. The van der Waals surface area contributed by atoms with E-state index in [2.05, 4.69) is 0 Å². The summed E-state index contributed by atoms with van der Waals surface area (Å²) >= 11 is 0. The molecule has 0 radical (unpaired) electrons. The molecule has 0 fully saturated rings. The summed E-state index contributed by atoms with van der Waals surface area (Å²) in [5, 5.41) is 0. The zero-order valence-electron chi connectivity index (χ0n) is 15.2. The second-order valence-electron chi connectivity index (χ2n) is 6.50. The number of aryl methyl sites for hydroxylation is 3. The fraction of sp³-hybridized carbons (Fsp3) is 0.333. The van der Waals surface area contributed by atoms with Crippen molar-refractivity contribution in [2.75, 3.05) is 24.7 Å². The van der Waals surface area contributed by atoms with Crippen molar-refractivity contribution in [1.82, 2.24) is 0 Å². The normalized spacial score (nSPS) is 13.1. The third-order valence-corrected chi connectivity index (χ3v) is 4.44. The summed E-state index contributed by atoms with van der Waals surface area (Å²) in [6.45, 7) is 4.07. The van der Waals surface area contributed by atoms with Gasteiger partial charge in [-0.15, -0.1) is 0 Å². The molecule has 0 atom stereocenters. The fourth-order valence-electron chi connectivity index (χ4n) is 3.15. The Hall–Kier alpha value is -2.82. The van der Waals surface area contributed by atoms with Crippen LogP contribution < -0.4 is 9.64 Å². The van der Waals surface area contributed by atoms with Crippen LogP contribution in [0.25, 0.3) is 0 Å². The lowest BCUT2D eigenvalue weighted by molar-refractivity contribution is -0.149. The van der Waals surface area contributed by atoms with Gasteiger partial charge in [0.15, 0.2) is 13.2 Å². The number of amides is 1. The van der Waals surface area contributed by atoms with Crippen molar-refractivity contribution in [3.63, 3.8) is 0 Å². The van der Waals surface area contributed by atoms with Gasteiger partial charge in [0.1, 0.15) is 5.75 Å². The third kappa shape index (κ3) is 4.23. The molecule has 5 nitrogen and oxygen atoms in total. The minimum Gasteiger partial charge on any atom is -0.482 e. The molecular formula is C21H23NO4. The van der Waals surface area contributed by atoms with E-state index in [9.17, 15) is 9.59 Å². The van der Waals surface area contributed by atoms with E-state index in [1.807, 2.05) is 56.3 Å². The van der Waals surface area contributed by atoms with Crippen LogP contribution in [0.4, 0.5) is 5.69 Å². The number of nitrogens with zero attached hydrogens (tertiary/aromatic N) is 1. The van der Waals surface area contributed by atoms with E-state index in [1.54, 1.807) is 4.90 Å². The minimum absolute atomic E-state index is 0.211. The van der Waals surface area contributed by atoms with Crippen LogP contribution >= 0.6 is 0 Å². The number of carbonyl (C=O) groups excluding carboxylic acids is 2. The van der Waals surface area contributed by atoms with Crippen molar-refractivity contribution in [3.8, 4) is 5.75 Å². The van der Waals surface area contributed by atoms with Crippen molar-refractivity contribution in [1.29, 1.82) is 0 Å². The quantitative estimate of drug-likeness (QED) is 0.775. The zero-order chi connectivity index (χ0) is 18.5. The molecule has 2 aromatic carbocycles. The Kier molecular flexibility index (Phi) is 5.56. The molecule has 5 heteroatoms.